The Labute approximate surface area is 132 Å². The molecular formula is C14H26ClN3OS. The molecule has 0 saturated carbocycles. The molecule has 1 unspecified atom stereocenters. The van der Waals surface area contributed by atoms with Gasteiger partial charge in [-0.1, -0.05) is 34.1 Å². The van der Waals surface area contributed by atoms with Crippen molar-refractivity contribution in [2.24, 2.45) is 5.73 Å². The van der Waals surface area contributed by atoms with E-state index in [2.05, 4.69) is 36.5 Å². The highest BCUT2D eigenvalue weighted by molar-refractivity contribution is 7.09. The van der Waals surface area contributed by atoms with Gasteiger partial charge in [0.1, 0.15) is 0 Å². The summed E-state index contributed by atoms with van der Waals surface area (Å²) in [5.74, 6) is -0.0607. The highest BCUT2D eigenvalue weighted by atomic mass is 35.5. The lowest BCUT2D eigenvalue weighted by Crippen LogP contribution is -2.41. The third-order valence-corrected chi connectivity index (χ3v) is 3.80. The van der Waals surface area contributed by atoms with Gasteiger partial charge in [0.25, 0.3) is 0 Å². The molecule has 20 heavy (non-hydrogen) atoms. The molecule has 116 valence electrons. The molecule has 0 saturated heterocycles. The van der Waals surface area contributed by atoms with Gasteiger partial charge in [0.15, 0.2) is 0 Å². The van der Waals surface area contributed by atoms with Crippen molar-refractivity contribution >= 4 is 29.7 Å². The molecule has 1 aromatic heterocycles. The molecule has 0 fully saturated rings. The normalized spacial score (nSPS) is 12.7. The lowest BCUT2D eigenvalue weighted by Gasteiger charge is -2.14. The van der Waals surface area contributed by atoms with E-state index in [-0.39, 0.29) is 29.8 Å². The molecule has 0 radical (unpaired) electrons. The molecule has 1 aromatic rings. The minimum absolute atomic E-state index is 0. The van der Waals surface area contributed by atoms with E-state index < -0.39 is 0 Å². The summed E-state index contributed by atoms with van der Waals surface area (Å²) < 4.78 is 0. The van der Waals surface area contributed by atoms with Gasteiger partial charge in [-0.2, -0.15) is 0 Å². The fourth-order valence-corrected chi connectivity index (χ4v) is 2.66. The summed E-state index contributed by atoms with van der Waals surface area (Å²) in [6, 6.07) is -0.383. The number of carbonyl (C=O) groups excluding carboxylic acids is 1. The number of nitrogens with zero attached hydrogens (tertiary/aromatic N) is 1. The van der Waals surface area contributed by atoms with Gasteiger partial charge in [0, 0.05) is 23.8 Å². The van der Waals surface area contributed by atoms with Crippen LogP contribution in [0.4, 0.5) is 0 Å². The Morgan fingerprint density at radius 2 is 2.15 bits per heavy atom. The van der Waals surface area contributed by atoms with Crippen LogP contribution in [0.15, 0.2) is 5.38 Å². The molecule has 0 bridgehead atoms. The molecule has 1 rings (SSSR count). The zero-order valence-electron chi connectivity index (χ0n) is 12.7. The average Bonchev–Trinajstić information content (AvgIpc) is 2.77. The van der Waals surface area contributed by atoms with Gasteiger partial charge < -0.3 is 11.1 Å². The zero-order valence-corrected chi connectivity index (χ0v) is 14.4. The maximum atomic E-state index is 11.6. The van der Waals surface area contributed by atoms with Crippen LogP contribution in [0.5, 0.6) is 0 Å². The van der Waals surface area contributed by atoms with Crippen LogP contribution in [0.1, 0.15) is 51.2 Å². The van der Waals surface area contributed by atoms with E-state index in [1.54, 1.807) is 11.3 Å². The number of nitrogens with two attached hydrogens (primary N) is 1. The number of halogens is 1. The molecule has 0 aliphatic rings. The van der Waals surface area contributed by atoms with Crippen molar-refractivity contribution in [1.82, 2.24) is 10.3 Å². The van der Waals surface area contributed by atoms with Gasteiger partial charge in [0.05, 0.1) is 16.7 Å². The first kappa shape index (κ1) is 19.4. The second kappa shape index (κ2) is 8.60. The number of hydrogen-bond acceptors (Lipinski definition) is 4. The third kappa shape index (κ3) is 6.20. The maximum Gasteiger partial charge on any atom is 0.236 e. The van der Waals surface area contributed by atoms with Crippen LogP contribution in [0.25, 0.3) is 0 Å². The molecule has 1 atom stereocenters. The Balaban J connectivity index is 0.00000361. The molecule has 0 aliphatic carbocycles. The van der Waals surface area contributed by atoms with Gasteiger partial charge in [-0.05, 0) is 6.42 Å². The summed E-state index contributed by atoms with van der Waals surface area (Å²) in [5, 5.41) is 6.03. The lowest BCUT2D eigenvalue weighted by atomic mass is 9.93. The molecule has 4 nitrogen and oxygen atoms in total. The Hall–Kier alpha value is -0.650. The zero-order chi connectivity index (χ0) is 14.5. The predicted molar refractivity (Wildman–Crippen MR) is 87.7 cm³/mol. The molecule has 1 heterocycles. The molecule has 3 N–H and O–H groups in total. The Bertz CT molecular complexity index is 415. The fourth-order valence-electron chi connectivity index (χ4n) is 1.64. The summed E-state index contributed by atoms with van der Waals surface area (Å²) in [6.07, 6.45) is 2.43. The number of carbonyl (C=O) groups is 1. The minimum atomic E-state index is -0.383. The SMILES string of the molecule is CCCC(N)C(=O)NCCc1nc(C(C)(C)C)cs1.Cl. The smallest absolute Gasteiger partial charge is 0.236 e. The number of rotatable bonds is 6. The van der Waals surface area contributed by atoms with Crippen LogP contribution in [0.3, 0.4) is 0 Å². The van der Waals surface area contributed by atoms with Gasteiger partial charge in [-0.25, -0.2) is 4.98 Å². The van der Waals surface area contributed by atoms with E-state index >= 15 is 0 Å². The molecule has 0 aromatic carbocycles. The van der Waals surface area contributed by atoms with Crippen molar-refractivity contribution in [3.05, 3.63) is 16.1 Å². The Kier molecular flexibility index (Phi) is 8.32. The lowest BCUT2D eigenvalue weighted by molar-refractivity contribution is -0.122. The van der Waals surface area contributed by atoms with Crippen molar-refractivity contribution in [2.75, 3.05) is 6.54 Å². The molecule has 6 heteroatoms. The second-order valence-corrected chi connectivity index (χ2v) is 6.76. The minimum Gasteiger partial charge on any atom is -0.354 e. The highest BCUT2D eigenvalue weighted by Crippen LogP contribution is 2.23. The van der Waals surface area contributed by atoms with Crippen molar-refractivity contribution in [2.45, 2.75) is 58.4 Å². The summed E-state index contributed by atoms with van der Waals surface area (Å²) in [7, 11) is 0. The first-order valence-electron chi connectivity index (χ1n) is 6.82. The molecule has 0 aliphatic heterocycles. The summed E-state index contributed by atoms with van der Waals surface area (Å²) in [5.41, 5.74) is 6.94. The van der Waals surface area contributed by atoms with Crippen molar-refractivity contribution in [3.8, 4) is 0 Å². The van der Waals surface area contributed by atoms with E-state index in [9.17, 15) is 4.79 Å². The van der Waals surface area contributed by atoms with Crippen LogP contribution in [-0.2, 0) is 16.6 Å². The number of amides is 1. The van der Waals surface area contributed by atoms with Crippen molar-refractivity contribution < 1.29 is 4.79 Å². The van der Waals surface area contributed by atoms with Gasteiger partial charge in [-0.3, -0.25) is 4.79 Å². The monoisotopic (exact) mass is 319 g/mol. The van der Waals surface area contributed by atoms with E-state index in [4.69, 9.17) is 5.73 Å². The molecule has 0 spiro atoms. The summed E-state index contributed by atoms with van der Waals surface area (Å²) in [6.45, 7) is 9.08. The quantitative estimate of drug-likeness (QED) is 0.847. The van der Waals surface area contributed by atoms with Gasteiger partial charge >= 0.3 is 0 Å². The maximum absolute atomic E-state index is 11.6. The van der Waals surface area contributed by atoms with E-state index in [0.29, 0.717) is 6.54 Å². The Morgan fingerprint density at radius 1 is 1.50 bits per heavy atom. The second-order valence-electron chi connectivity index (χ2n) is 5.81. The van der Waals surface area contributed by atoms with Crippen LogP contribution in [0.2, 0.25) is 0 Å². The summed E-state index contributed by atoms with van der Waals surface area (Å²) >= 11 is 1.65. The topological polar surface area (TPSA) is 68.0 Å². The van der Waals surface area contributed by atoms with Crippen LogP contribution >= 0.6 is 23.7 Å². The van der Waals surface area contributed by atoms with Crippen LogP contribution in [0, 0.1) is 0 Å². The van der Waals surface area contributed by atoms with Gasteiger partial charge in [-0.15, -0.1) is 23.7 Å². The first-order valence-corrected chi connectivity index (χ1v) is 7.70. The third-order valence-electron chi connectivity index (χ3n) is 2.89. The largest absolute Gasteiger partial charge is 0.354 e. The van der Waals surface area contributed by atoms with Crippen LogP contribution < -0.4 is 11.1 Å². The number of thiazole rings is 1. The van der Waals surface area contributed by atoms with Crippen molar-refractivity contribution in [3.63, 3.8) is 0 Å². The first-order chi connectivity index (χ1) is 8.84. The molecular weight excluding hydrogens is 294 g/mol. The standard InChI is InChI=1S/C14H25N3OS.ClH/c1-5-6-10(15)13(18)16-8-7-12-17-11(9-19-12)14(2,3)4;/h9-10H,5-8,15H2,1-4H3,(H,16,18);1H. The highest BCUT2D eigenvalue weighted by Gasteiger charge is 2.17. The average molecular weight is 320 g/mol. The number of nitrogens with one attached hydrogen (secondary N) is 1. The van der Waals surface area contributed by atoms with Gasteiger partial charge in [0.2, 0.25) is 5.91 Å². The van der Waals surface area contributed by atoms with E-state index in [1.807, 2.05) is 6.92 Å². The summed E-state index contributed by atoms with van der Waals surface area (Å²) in [4.78, 5) is 16.2. The molecule has 1 amide bonds. The number of hydrogen-bond donors (Lipinski definition) is 2. The fraction of sp³-hybridized carbons (Fsp3) is 0.714. The van der Waals surface area contributed by atoms with Crippen molar-refractivity contribution in [1.29, 1.82) is 0 Å². The van der Waals surface area contributed by atoms with E-state index in [1.165, 1.54) is 0 Å². The predicted octanol–water partition coefficient (Wildman–Crippen LogP) is 2.65. The van der Waals surface area contributed by atoms with Crippen LogP contribution in [-0.4, -0.2) is 23.5 Å². The Morgan fingerprint density at radius 3 is 2.65 bits per heavy atom. The van der Waals surface area contributed by atoms with E-state index in [0.717, 1.165) is 30.0 Å². The number of aromatic nitrogens is 1.